The molecule has 17 heavy (non-hydrogen) atoms. The summed E-state index contributed by atoms with van der Waals surface area (Å²) in [7, 11) is 0. The molecular weight excluding hydrogens is 216 g/mol. The quantitative estimate of drug-likeness (QED) is 0.813. The van der Waals surface area contributed by atoms with Crippen molar-refractivity contribution >= 4 is 11.7 Å². The Morgan fingerprint density at radius 1 is 1.59 bits per heavy atom. The van der Waals surface area contributed by atoms with E-state index in [2.05, 4.69) is 11.6 Å². The Labute approximate surface area is 102 Å². The van der Waals surface area contributed by atoms with Crippen molar-refractivity contribution in [1.82, 2.24) is 4.98 Å². The zero-order chi connectivity index (χ0) is 13.1. The lowest BCUT2D eigenvalue weighted by Gasteiger charge is -2.37. The van der Waals surface area contributed by atoms with Crippen molar-refractivity contribution < 1.29 is 9.90 Å². The number of aromatic carboxylic acids is 1. The van der Waals surface area contributed by atoms with E-state index in [0.29, 0.717) is 12.2 Å². The third kappa shape index (κ3) is 3.06. The molecule has 1 heterocycles. The van der Waals surface area contributed by atoms with E-state index < -0.39 is 5.97 Å². The number of anilines is 1. The Morgan fingerprint density at radius 2 is 2.24 bits per heavy atom. The van der Waals surface area contributed by atoms with Crippen LogP contribution in [0, 0.1) is 0 Å². The molecule has 1 rings (SSSR count). The van der Waals surface area contributed by atoms with Crippen molar-refractivity contribution in [2.45, 2.75) is 26.3 Å². The minimum absolute atomic E-state index is 0.181. The van der Waals surface area contributed by atoms with Gasteiger partial charge in [-0.15, -0.1) is 6.58 Å². The zero-order valence-corrected chi connectivity index (χ0v) is 10.5. The Balaban J connectivity index is 3.27. The molecule has 0 radical (unpaired) electrons. The van der Waals surface area contributed by atoms with Crippen molar-refractivity contribution in [3.63, 3.8) is 0 Å². The van der Waals surface area contributed by atoms with Gasteiger partial charge in [0.2, 0.25) is 0 Å². The highest BCUT2D eigenvalue weighted by atomic mass is 16.4. The maximum Gasteiger partial charge on any atom is 0.339 e. The average molecular weight is 234 g/mol. The second-order valence-corrected chi connectivity index (χ2v) is 4.77. The zero-order valence-electron chi connectivity index (χ0n) is 10.5. The van der Waals surface area contributed by atoms with Gasteiger partial charge in [-0.2, -0.15) is 0 Å². The molecule has 0 aliphatic carbocycles. The predicted octanol–water partition coefficient (Wildman–Crippen LogP) is 2.57. The third-order valence-corrected chi connectivity index (χ3v) is 2.44. The van der Waals surface area contributed by atoms with Gasteiger partial charge in [-0.1, -0.05) is 6.08 Å². The topological polar surface area (TPSA) is 53.4 Å². The van der Waals surface area contributed by atoms with E-state index in [1.54, 1.807) is 18.3 Å². The van der Waals surface area contributed by atoms with Gasteiger partial charge >= 0.3 is 5.97 Å². The summed E-state index contributed by atoms with van der Waals surface area (Å²) in [5.74, 6) is -0.966. The number of nitrogens with zero attached hydrogens (tertiary/aromatic N) is 2. The molecule has 0 amide bonds. The Bertz CT molecular complexity index is 422. The first-order valence-corrected chi connectivity index (χ1v) is 5.43. The van der Waals surface area contributed by atoms with E-state index in [9.17, 15) is 4.79 Å². The Morgan fingerprint density at radius 3 is 2.71 bits per heavy atom. The SMILES string of the molecule is C=CCN(c1ccncc1C(=O)O)C(C)(C)C. The first-order valence-electron chi connectivity index (χ1n) is 5.43. The van der Waals surface area contributed by atoms with Crippen LogP contribution >= 0.6 is 0 Å². The molecule has 92 valence electrons. The molecule has 0 spiro atoms. The van der Waals surface area contributed by atoms with Crippen LogP contribution in [0.4, 0.5) is 5.69 Å². The van der Waals surface area contributed by atoms with Gasteiger partial charge < -0.3 is 10.0 Å². The number of pyridine rings is 1. The predicted molar refractivity (Wildman–Crippen MR) is 68.5 cm³/mol. The molecule has 4 nitrogen and oxygen atoms in total. The number of carboxylic acid groups (broad SMARTS) is 1. The maximum absolute atomic E-state index is 11.2. The summed E-state index contributed by atoms with van der Waals surface area (Å²) in [6.45, 7) is 10.4. The smallest absolute Gasteiger partial charge is 0.339 e. The van der Waals surface area contributed by atoms with E-state index in [1.807, 2.05) is 25.7 Å². The first kappa shape index (κ1) is 13.2. The highest BCUT2D eigenvalue weighted by Crippen LogP contribution is 2.26. The lowest BCUT2D eigenvalue weighted by molar-refractivity contribution is 0.0697. The van der Waals surface area contributed by atoms with Gasteiger partial charge in [0, 0.05) is 24.5 Å². The van der Waals surface area contributed by atoms with E-state index >= 15 is 0 Å². The number of carbonyl (C=O) groups is 1. The molecule has 1 N–H and O–H groups in total. The van der Waals surface area contributed by atoms with Gasteiger partial charge in [-0.25, -0.2) is 4.79 Å². The fraction of sp³-hybridized carbons (Fsp3) is 0.385. The molecule has 4 heteroatoms. The normalized spacial score (nSPS) is 11.0. The number of hydrogen-bond acceptors (Lipinski definition) is 3. The monoisotopic (exact) mass is 234 g/mol. The lowest BCUT2D eigenvalue weighted by Crippen LogP contribution is -2.42. The largest absolute Gasteiger partial charge is 0.478 e. The molecular formula is C13H18N2O2. The van der Waals surface area contributed by atoms with Crippen LogP contribution in [0.2, 0.25) is 0 Å². The average Bonchev–Trinajstić information content (AvgIpc) is 2.24. The van der Waals surface area contributed by atoms with Crippen LogP contribution in [0.5, 0.6) is 0 Å². The van der Waals surface area contributed by atoms with Crippen molar-refractivity contribution in [3.8, 4) is 0 Å². The maximum atomic E-state index is 11.2. The van der Waals surface area contributed by atoms with Crippen LogP contribution in [0.15, 0.2) is 31.1 Å². The van der Waals surface area contributed by atoms with Crippen molar-refractivity contribution in [1.29, 1.82) is 0 Å². The molecule has 0 aliphatic rings. The summed E-state index contributed by atoms with van der Waals surface area (Å²) in [5.41, 5.74) is 0.698. The number of rotatable bonds is 4. The summed E-state index contributed by atoms with van der Waals surface area (Å²) in [5, 5.41) is 9.16. The van der Waals surface area contributed by atoms with E-state index in [4.69, 9.17) is 5.11 Å². The molecule has 0 aliphatic heterocycles. The van der Waals surface area contributed by atoms with Crippen molar-refractivity contribution in [2.24, 2.45) is 0 Å². The summed E-state index contributed by atoms with van der Waals surface area (Å²) >= 11 is 0. The van der Waals surface area contributed by atoms with Crippen molar-refractivity contribution in [2.75, 3.05) is 11.4 Å². The van der Waals surface area contributed by atoms with Crippen molar-refractivity contribution in [3.05, 3.63) is 36.7 Å². The number of hydrogen-bond donors (Lipinski definition) is 1. The van der Waals surface area contributed by atoms with Crippen LogP contribution in [0.1, 0.15) is 31.1 Å². The van der Waals surface area contributed by atoms with Crippen LogP contribution in [0.25, 0.3) is 0 Å². The van der Waals surface area contributed by atoms with E-state index in [-0.39, 0.29) is 11.1 Å². The minimum atomic E-state index is -0.966. The van der Waals surface area contributed by atoms with Gasteiger partial charge in [0.15, 0.2) is 0 Å². The second-order valence-electron chi connectivity index (χ2n) is 4.77. The molecule has 0 saturated carbocycles. The first-order chi connectivity index (χ1) is 7.88. The van der Waals surface area contributed by atoms with Gasteiger partial charge in [-0.05, 0) is 26.8 Å². The summed E-state index contributed by atoms with van der Waals surface area (Å²) in [6, 6.07) is 1.72. The summed E-state index contributed by atoms with van der Waals surface area (Å²) in [4.78, 5) is 17.0. The van der Waals surface area contributed by atoms with Crippen LogP contribution in [-0.4, -0.2) is 28.1 Å². The molecule has 1 aromatic rings. The van der Waals surface area contributed by atoms with Crippen LogP contribution in [-0.2, 0) is 0 Å². The number of carboxylic acids is 1. The summed E-state index contributed by atoms with van der Waals surface area (Å²) < 4.78 is 0. The molecule has 0 atom stereocenters. The molecule has 1 aromatic heterocycles. The van der Waals surface area contributed by atoms with E-state index in [1.165, 1.54) is 6.20 Å². The standard InChI is InChI=1S/C13H18N2O2/c1-5-8-15(13(2,3)4)11-6-7-14-9-10(11)12(16)17/h5-7,9H,1,8H2,2-4H3,(H,16,17). The van der Waals surface area contributed by atoms with Gasteiger partial charge in [-0.3, -0.25) is 4.98 Å². The van der Waals surface area contributed by atoms with Gasteiger partial charge in [0.25, 0.3) is 0 Å². The van der Waals surface area contributed by atoms with Crippen LogP contribution in [0.3, 0.4) is 0 Å². The highest BCUT2D eigenvalue weighted by molar-refractivity contribution is 5.94. The Kier molecular flexibility index (Phi) is 3.89. The molecule has 0 aromatic carbocycles. The molecule has 0 fully saturated rings. The minimum Gasteiger partial charge on any atom is -0.478 e. The highest BCUT2D eigenvalue weighted by Gasteiger charge is 2.24. The third-order valence-electron chi connectivity index (χ3n) is 2.44. The molecule has 0 saturated heterocycles. The van der Waals surface area contributed by atoms with E-state index in [0.717, 1.165) is 0 Å². The second kappa shape index (κ2) is 4.99. The summed E-state index contributed by atoms with van der Waals surface area (Å²) in [6.07, 6.45) is 4.74. The fourth-order valence-electron chi connectivity index (χ4n) is 1.65. The fourth-order valence-corrected chi connectivity index (χ4v) is 1.65. The van der Waals surface area contributed by atoms with Gasteiger partial charge in [0.05, 0.1) is 5.69 Å². The van der Waals surface area contributed by atoms with Crippen LogP contribution < -0.4 is 4.90 Å². The van der Waals surface area contributed by atoms with Gasteiger partial charge in [0.1, 0.15) is 5.56 Å². The Hall–Kier alpha value is -1.84. The molecule has 0 bridgehead atoms. The molecule has 0 unspecified atom stereocenters. The number of aromatic nitrogens is 1. The lowest BCUT2D eigenvalue weighted by atomic mass is 10.0.